The van der Waals surface area contributed by atoms with E-state index in [0.29, 0.717) is 0 Å². The molecular formula is C4H6F3I. The zero-order chi connectivity index (χ0) is 6.78. The summed E-state index contributed by atoms with van der Waals surface area (Å²) in [6, 6.07) is 0. The van der Waals surface area contributed by atoms with Crippen molar-refractivity contribution in [2.24, 2.45) is 0 Å². The lowest BCUT2D eigenvalue weighted by atomic mass is 10.3. The maximum atomic E-state index is 11.3. The van der Waals surface area contributed by atoms with Crippen LogP contribution in [0.5, 0.6) is 0 Å². The van der Waals surface area contributed by atoms with Gasteiger partial charge in [0.15, 0.2) is 0 Å². The van der Waals surface area contributed by atoms with Crippen molar-refractivity contribution in [3.05, 3.63) is 0 Å². The topological polar surface area (TPSA) is 0 Å². The Labute approximate surface area is 59.6 Å². The van der Waals surface area contributed by atoms with Gasteiger partial charge in [-0.2, -0.15) is 13.2 Å². The van der Waals surface area contributed by atoms with Gasteiger partial charge in [0, 0.05) is 3.92 Å². The van der Waals surface area contributed by atoms with E-state index in [1.165, 1.54) is 6.92 Å². The summed E-state index contributed by atoms with van der Waals surface area (Å²) in [7, 11) is 0. The van der Waals surface area contributed by atoms with Gasteiger partial charge < -0.3 is 0 Å². The third-order valence-corrected chi connectivity index (χ3v) is 0.953. The van der Waals surface area contributed by atoms with Crippen molar-refractivity contribution in [2.45, 2.75) is 23.4 Å². The van der Waals surface area contributed by atoms with Crippen LogP contribution in [-0.4, -0.2) is 10.1 Å². The highest BCUT2D eigenvalue weighted by molar-refractivity contribution is 14.1. The molecule has 4 heteroatoms. The molecule has 8 heavy (non-hydrogen) atoms. The van der Waals surface area contributed by atoms with Crippen molar-refractivity contribution in [3.8, 4) is 0 Å². The van der Waals surface area contributed by atoms with E-state index in [-0.39, 0.29) is 3.92 Å². The Morgan fingerprint density at radius 3 is 1.88 bits per heavy atom. The van der Waals surface area contributed by atoms with Crippen molar-refractivity contribution in [2.75, 3.05) is 0 Å². The van der Waals surface area contributed by atoms with E-state index in [2.05, 4.69) is 0 Å². The minimum absolute atomic E-state index is 0.312. The molecule has 0 N–H and O–H groups in total. The molecule has 0 spiro atoms. The minimum Gasteiger partial charge on any atom is -0.171 e. The molecular weight excluding hydrogens is 232 g/mol. The van der Waals surface area contributed by atoms with Crippen molar-refractivity contribution in [3.63, 3.8) is 0 Å². The Morgan fingerprint density at radius 1 is 1.50 bits per heavy atom. The molecule has 0 nitrogen and oxygen atoms in total. The third-order valence-electron chi connectivity index (χ3n) is 0.513. The average Bonchev–Trinajstić information content (AvgIpc) is 1.21. The predicted molar refractivity (Wildman–Crippen MR) is 34.2 cm³/mol. The molecule has 0 bridgehead atoms. The van der Waals surface area contributed by atoms with E-state index >= 15 is 0 Å². The first-order chi connectivity index (χ1) is 3.42. The monoisotopic (exact) mass is 238 g/mol. The largest absolute Gasteiger partial charge is 0.390 e. The Kier molecular flexibility index (Phi) is 3.08. The Balaban J connectivity index is 3.39. The molecule has 0 unspecified atom stereocenters. The fourth-order valence-corrected chi connectivity index (χ4v) is 0.818. The third kappa shape index (κ3) is 6.52. The summed E-state index contributed by atoms with van der Waals surface area (Å²) in [4.78, 5) is 0. The van der Waals surface area contributed by atoms with Crippen LogP contribution in [0.1, 0.15) is 13.3 Å². The molecule has 0 aromatic carbocycles. The van der Waals surface area contributed by atoms with E-state index < -0.39 is 12.6 Å². The molecule has 0 radical (unpaired) electrons. The Morgan fingerprint density at radius 2 is 1.88 bits per heavy atom. The first-order valence-corrected chi connectivity index (χ1v) is 3.37. The van der Waals surface area contributed by atoms with Crippen LogP contribution in [0.4, 0.5) is 13.2 Å². The smallest absolute Gasteiger partial charge is 0.171 e. The number of alkyl halides is 4. The van der Waals surface area contributed by atoms with Crippen molar-refractivity contribution in [1.82, 2.24) is 0 Å². The average molecular weight is 238 g/mol. The summed E-state index contributed by atoms with van der Waals surface area (Å²) in [6.07, 6.45) is -4.67. The predicted octanol–water partition coefficient (Wildman–Crippen LogP) is 2.76. The molecule has 0 aliphatic rings. The quantitative estimate of drug-likeness (QED) is 0.486. The molecule has 0 aliphatic carbocycles. The molecule has 0 fully saturated rings. The summed E-state index contributed by atoms with van der Waals surface area (Å²) < 4.78 is 33.6. The van der Waals surface area contributed by atoms with Crippen LogP contribution in [0.15, 0.2) is 0 Å². The van der Waals surface area contributed by atoms with Crippen LogP contribution in [0.25, 0.3) is 0 Å². The Bertz CT molecular complexity index is 66.2. The zero-order valence-electron chi connectivity index (χ0n) is 4.30. The second kappa shape index (κ2) is 2.89. The van der Waals surface area contributed by atoms with Gasteiger partial charge in [-0.1, -0.05) is 29.5 Å². The molecule has 50 valence electrons. The van der Waals surface area contributed by atoms with E-state index in [0.717, 1.165) is 0 Å². The maximum Gasteiger partial charge on any atom is 0.390 e. The van der Waals surface area contributed by atoms with Crippen LogP contribution in [0.3, 0.4) is 0 Å². The molecule has 0 rings (SSSR count). The molecule has 0 aromatic rings. The first kappa shape index (κ1) is 8.52. The van der Waals surface area contributed by atoms with Gasteiger partial charge in [0.1, 0.15) is 0 Å². The number of halogens is 4. The highest BCUT2D eigenvalue weighted by Crippen LogP contribution is 2.24. The van der Waals surface area contributed by atoms with Crippen LogP contribution in [-0.2, 0) is 0 Å². The summed E-state index contributed by atoms with van der Waals surface area (Å²) in [6.45, 7) is 1.54. The summed E-state index contributed by atoms with van der Waals surface area (Å²) in [5, 5.41) is 0. The summed E-state index contributed by atoms with van der Waals surface area (Å²) in [5.41, 5.74) is 0. The van der Waals surface area contributed by atoms with Gasteiger partial charge in [0.05, 0.1) is 6.42 Å². The number of hydrogen-bond donors (Lipinski definition) is 0. The van der Waals surface area contributed by atoms with Gasteiger partial charge in [-0.25, -0.2) is 0 Å². The fourth-order valence-electron chi connectivity index (χ4n) is 0.319. The van der Waals surface area contributed by atoms with Gasteiger partial charge in [0.25, 0.3) is 0 Å². The van der Waals surface area contributed by atoms with Gasteiger partial charge in [-0.3, -0.25) is 0 Å². The number of hydrogen-bond acceptors (Lipinski definition) is 0. The van der Waals surface area contributed by atoms with Gasteiger partial charge in [-0.05, 0) is 0 Å². The van der Waals surface area contributed by atoms with Crippen LogP contribution in [0.2, 0.25) is 0 Å². The first-order valence-electron chi connectivity index (χ1n) is 2.12. The molecule has 1 atom stereocenters. The lowest BCUT2D eigenvalue weighted by molar-refractivity contribution is -0.132. The van der Waals surface area contributed by atoms with Crippen LogP contribution < -0.4 is 0 Å². The highest BCUT2D eigenvalue weighted by atomic mass is 127. The minimum atomic E-state index is -3.99. The van der Waals surface area contributed by atoms with Gasteiger partial charge in [0.2, 0.25) is 0 Å². The number of rotatable bonds is 1. The van der Waals surface area contributed by atoms with E-state index in [1.807, 2.05) is 0 Å². The van der Waals surface area contributed by atoms with E-state index in [9.17, 15) is 13.2 Å². The normalized spacial score (nSPS) is 16.1. The molecule has 0 aromatic heterocycles. The van der Waals surface area contributed by atoms with Gasteiger partial charge in [-0.15, -0.1) is 0 Å². The molecule has 0 saturated heterocycles. The van der Waals surface area contributed by atoms with Crippen molar-refractivity contribution >= 4 is 22.6 Å². The molecule has 0 saturated carbocycles. The van der Waals surface area contributed by atoms with E-state index in [1.54, 1.807) is 22.6 Å². The van der Waals surface area contributed by atoms with Crippen molar-refractivity contribution in [1.29, 1.82) is 0 Å². The molecule has 0 amide bonds. The van der Waals surface area contributed by atoms with Gasteiger partial charge >= 0.3 is 6.18 Å². The van der Waals surface area contributed by atoms with Crippen LogP contribution in [0, 0.1) is 0 Å². The fraction of sp³-hybridized carbons (Fsp3) is 1.00. The molecule has 0 heterocycles. The van der Waals surface area contributed by atoms with Crippen molar-refractivity contribution < 1.29 is 13.2 Å². The summed E-state index contributed by atoms with van der Waals surface area (Å²) >= 11 is 1.75. The maximum absolute atomic E-state index is 11.3. The second-order valence-electron chi connectivity index (χ2n) is 1.60. The standard InChI is InChI=1S/C4H6F3I/c1-3(8)2-4(5,6)7/h3H,2H2,1H3/t3-/m1/s1. The second-order valence-corrected chi connectivity index (χ2v) is 3.73. The highest BCUT2D eigenvalue weighted by Gasteiger charge is 2.28. The molecule has 0 aliphatic heterocycles. The Hall–Kier alpha value is 0.520. The zero-order valence-corrected chi connectivity index (χ0v) is 6.45. The lowest BCUT2D eigenvalue weighted by Gasteiger charge is -2.05. The SMILES string of the molecule is C[C@@H](I)CC(F)(F)F. The van der Waals surface area contributed by atoms with E-state index in [4.69, 9.17) is 0 Å². The summed E-state index contributed by atoms with van der Waals surface area (Å²) in [5.74, 6) is 0. The lowest BCUT2D eigenvalue weighted by Crippen LogP contribution is -2.11. The van der Waals surface area contributed by atoms with Crippen LogP contribution >= 0.6 is 22.6 Å².